The van der Waals surface area contributed by atoms with Crippen molar-refractivity contribution in [1.29, 1.82) is 0 Å². The molecule has 0 aromatic carbocycles. The van der Waals surface area contributed by atoms with Crippen LogP contribution in [0.2, 0.25) is 0 Å². The fourth-order valence-corrected chi connectivity index (χ4v) is 2.74. The molecule has 7 heteroatoms. The molecule has 6 nitrogen and oxygen atoms in total. The topological polar surface area (TPSA) is 61.8 Å². The van der Waals surface area contributed by atoms with Crippen LogP contribution in [-0.4, -0.2) is 53.7 Å². The molecule has 2 N–H and O–H groups in total. The number of aromatic nitrogens is 1. The molecule has 0 aliphatic heterocycles. The monoisotopic (exact) mass is 491 g/mol. The van der Waals surface area contributed by atoms with E-state index in [1.54, 1.807) is 0 Å². The summed E-state index contributed by atoms with van der Waals surface area (Å²) in [6.45, 7) is 18.3. The highest BCUT2D eigenvalue weighted by Crippen LogP contribution is 2.10. The lowest BCUT2D eigenvalue weighted by molar-refractivity contribution is 0.178. The van der Waals surface area contributed by atoms with Crippen molar-refractivity contribution in [3.05, 3.63) is 23.9 Å². The van der Waals surface area contributed by atoms with Crippen LogP contribution < -0.4 is 15.4 Å². The Kier molecular flexibility index (Phi) is 13.4. The van der Waals surface area contributed by atoms with Crippen molar-refractivity contribution in [2.45, 2.75) is 73.2 Å². The van der Waals surface area contributed by atoms with Crippen LogP contribution >= 0.6 is 24.0 Å². The summed E-state index contributed by atoms with van der Waals surface area (Å²) < 4.78 is 5.57. The van der Waals surface area contributed by atoms with Gasteiger partial charge in [0.2, 0.25) is 5.88 Å². The Morgan fingerprint density at radius 3 is 2.26 bits per heavy atom. The Hall–Kier alpha value is -1.09. The molecule has 0 spiro atoms. The second-order valence-corrected chi connectivity index (χ2v) is 7.22. The second kappa shape index (κ2) is 14.0. The summed E-state index contributed by atoms with van der Waals surface area (Å²) in [4.78, 5) is 11.5. The predicted molar refractivity (Wildman–Crippen MR) is 125 cm³/mol. The van der Waals surface area contributed by atoms with Crippen LogP contribution in [0.4, 0.5) is 0 Å². The van der Waals surface area contributed by atoms with Crippen molar-refractivity contribution < 1.29 is 4.74 Å². The van der Waals surface area contributed by atoms with Crippen LogP contribution in [0.15, 0.2) is 23.3 Å². The number of nitrogens with zero attached hydrogens (tertiary/aromatic N) is 3. The summed E-state index contributed by atoms with van der Waals surface area (Å²) in [5, 5.41) is 6.72. The molecule has 0 radical (unpaired) electrons. The Morgan fingerprint density at radius 2 is 1.78 bits per heavy atom. The minimum absolute atomic E-state index is 0. The summed E-state index contributed by atoms with van der Waals surface area (Å²) in [6.07, 6.45) is 1.96. The minimum Gasteiger partial charge on any atom is -0.475 e. The van der Waals surface area contributed by atoms with Gasteiger partial charge in [-0.2, -0.15) is 0 Å². The molecule has 0 unspecified atom stereocenters. The third kappa shape index (κ3) is 10.7. The Bertz CT molecular complexity index is 524. The van der Waals surface area contributed by atoms with Crippen LogP contribution in [-0.2, 0) is 6.54 Å². The predicted octanol–water partition coefficient (Wildman–Crippen LogP) is 3.66. The van der Waals surface area contributed by atoms with Gasteiger partial charge in [-0.05, 0) is 54.0 Å². The van der Waals surface area contributed by atoms with Crippen LogP contribution in [0, 0.1) is 0 Å². The van der Waals surface area contributed by atoms with E-state index in [1.165, 1.54) is 0 Å². The maximum Gasteiger partial charge on any atom is 0.213 e. The molecule has 0 fully saturated rings. The lowest BCUT2D eigenvalue weighted by Gasteiger charge is -2.30. The highest BCUT2D eigenvalue weighted by molar-refractivity contribution is 14.0. The Morgan fingerprint density at radius 1 is 1.11 bits per heavy atom. The molecule has 1 aromatic rings. The van der Waals surface area contributed by atoms with Gasteiger partial charge in [-0.15, -0.1) is 24.0 Å². The summed E-state index contributed by atoms with van der Waals surface area (Å²) in [5.74, 6) is 1.49. The van der Waals surface area contributed by atoms with Gasteiger partial charge in [-0.25, -0.2) is 9.98 Å². The first kappa shape index (κ1) is 25.9. The van der Waals surface area contributed by atoms with Gasteiger partial charge < -0.3 is 15.4 Å². The van der Waals surface area contributed by atoms with Gasteiger partial charge in [0.1, 0.15) is 0 Å². The third-order valence-electron chi connectivity index (χ3n) is 3.91. The van der Waals surface area contributed by atoms with Crippen molar-refractivity contribution in [3.8, 4) is 5.88 Å². The van der Waals surface area contributed by atoms with Gasteiger partial charge in [0.15, 0.2) is 5.96 Å². The molecule has 1 heterocycles. The molecule has 1 rings (SSSR count). The molecule has 0 amide bonds. The van der Waals surface area contributed by atoms with Crippen molar-refractivity contribution in [3.63, 3.8) is 0 Å². The van der Waals surface area contributed by atoms with E-state index in [1.807, 2.05) is 32.2 Å². The molecule has 1 aromatic heterocycles. The van der Waals surface area contributed by atoms with Crippen LogP contribution in [0.1, 0.15) is 54.0 Å². The van der Waals surface area contributed by atoms with Crippen molar-refractivity contribution in [1.82, 2.24) is 20.5 Å². The largest absolute Gasteiger partial charge is 0.475 e. The highest BCUT2D eigenvalue weighted by Gasteiger charge is 2.12. The fraction of sp³-hybridized carbons (Fsp3) is 0.700. The smallest absolute Gasteiger partial charge is 0.213 e. The Labute approximate surface area is 182 Å². The Balaban J connectivity index is 0.00000676. The molecule has 0 aliphatic rings. The van der Waals surface area contributed by atoms with Gasteiger partial charge in [0.25, 0.3) is 0 Å². The van der Waals surface area contributed by atoms with E-state index in [2.05, 4.69) is 60.1 Å². The summed E-state index contributed by atoms with van der Waals surface area (Å²) in [7, 11) is 0. The zero-order valence-electron chi connectivity index (χ0n) is 18.0. The number of hydrogen-bond acceptors (Lipinski definition) is 4. The molecule has 0 aliphatic carbocycles. The maximum atomic E-state index is 5.57. The van der Waals surface area contributed by atoms with E-state index in [0.29, 0.717) is 24.5 Å². The normalized spacial score (nSPS) is 11.9. The number of hydrogen-bond donors (Lipinski definition) is 2. The number of guanidine groups is 1. The van der Waals surface area contributed by atoms with E-state index in [0.717, 1.165) is 31.2 Å². The molecule has 0 saturated heterocycles. The van der Waals surface area contributed by atoms with Crippen LogP contribution in [0.3, 0.4) is 0 Å². The first-order chi connectivity index (χ1) is 12.3. The number of pyridine rings is 1. The zero-order chi connectivity index (χ0) is 19.5. The first-order valence-corrected chi connectivity index (χ1v) is 9.73. The number of aliphatic imine (C=N–C) groups is 1. The lowest BCUT2D eigenvalue weighted by Crippen LogP contribution is -2.45. The maximum absolute atomic E-state index is 5.57. The van der Waals surface area contributed by atoms with Crippen molar-refractivity contribution in [2.24, 2.45) is 4.99 Å². The molecule has 156 valence electrons. The van der Waals surface area contributed by atoms with Gasteiger partial charge in [-0.3, -0.25) is 4.90 Å². The van der Waals surface area contributed by atoms with E-state index < -0.39 is 0 Å². The number of ether oxygens (including phenoxy) is 1. The van der Waals surface area contributed by atoms with E-state index in [-0.39, 0.29) is 30.1 Å². The van der Waals surface area contributed by atoms with E-state index in [4.69, 9.17) is 4.74 Å². The molecule has 0 saturated carbocycles. The summed E-state index contributed by atoms with van der Waals surface area (Å²) in [6, 6.07) is 4.98. The second-order valence-electron chi connectivity index (χ2n) is 7.22. The summed E-state index contributed by atoms with van der Waals surface area (Å²) >= 11 is 0. The fourth-order valence-electron chi connectivity index (χ4n) is 2.74. The molecule has 0 bridgehead atoms. The van der Waals surface area contributed by atoms with E-state index >= 15 is 0 Å². The van der Waals surface area contributed by atoms with Gasteiger partial charge >= 0.3 is 0 Å². The number of halogens is 1. The lowest BCUT2D eigenvalue weighted by atomic mass is 10.2. The number of rotatable bonds is 10. The SMILES string of the molecule is CCNC(=NCc1ccc(OC(C)C)nc1)NCCN(C(C)C)C(C)C.I. The quantitative estimate of drug-likeness (QED) is 0.297. The van der Waals surface area contributed by atoms with Crippen molar-refractivity contribution >= 4 is 29.9 Å². The first-order valence-electron chi connectivity index (χ1n) is 9.73. The average Bonchev–Trinajstić information content (AvgIpc) is 2.56. The van der Waals surface area contributed by atoms with Crippen LogP contribution in [0.5, 0.6) is 5.88 Å². The molecule has 0 atom stereocenters. The van der Waals surface area contributed by atoms with Crippen LogP contribution in [0.25, 0.3) is 0 Å². The summed E-state index contributed by atoms with van der Waals surface area (Å²) in [5.41, 5.74) is 1.06. The molecular formula is C20H38IN5O. The van der Waals surface area contributed by atoms with Gasteiger partial charge in [0, 0.05) is 44.0 Å². The molecule has 27 heavy (non-hydrogen) atoms. The van der Waals surface area contributed by atoms with E-state index in [9.17, 15) is 0 Å². The highest BCUT2D eigenvalue weighted by atomic mass is 127. The zero-order valence-corrected chi connectivity index (χ0v) is 20.3. The standard InChI is InChI=1S/C20H37N5O.HI/c1-8-21-20(22-11-12-25(15(2)3)16(4)5)24-14-18-9-10-19(23-13-18)26-17(6)7;/h9-10,13,15-17H,8,11-12,14H2,1-7H3,(H2,21,22,24);1H. The van der Waals surface area contributed by atoms with Gasteiger partial charge in [-0.1, -0.05) is 6.07 Å². The molecular weight excluding hydrogens is 453 g/mol. The van der Waals surface area contributed by atoms with Gasteiger partial charge in [0.05, 0.1) is 12.6 Å². The third-order valence-corrected chi connectivity index (χ3v) is 3.91. The number of nitrogens with one attached hydrogen (secondary N) is 2. The average molecular weight is 491 g/mol. The minimum atomic E-state index is 0. The van der Waals surface area contributed by atoms with Crippen molar-refractivity contribution in [2.75, 3.05) is 19.6 Å².